The van der Waals surface area contributed by atoms with Crippen LogP contribution in [0.2, 0.25) is 0 Å². The van der Waals surface area contributed by atoms with Gasteiger partial charge in [-0.3, -0.25) is 0 Å². The number of nitrogens with two attached hydrogens (primary N) is 1. The van der Waals surface area contributed by atoms with E-state index >= 15 is 0 Å². The Kier molecular flexibility index (Phi) is 6.38. The van der Waals surface area contributed by atoms with Crippen LogP contribution in [-0.4, -0.2) is 33.5 Å². The number of sulfonamides is 2. The van der Waals surface area contributed by atoms with E-state index in [-0.39, 0.29) is 22.2 Å². The number of rotatable bonds is 8. The lowest BCUT2D eigenvalue weighted by molar-refractivity contribution is 0.432. The third-order valence-electron chi connectivity index (χ3n) is 4.81. The molecule has 0 saturated carbocycles. The van der Waals surface area contributed by atoms with E-state index in [1.165, 1.54) is 24.3 Å². The fraction of sp³-hybridized carbons (Fsp3) is 0.0909. The Morgan fingerprint density at radius 2 is 1.52 bits per heavy atom. The molecule has 0 saturated heterocycles. The highest BCUT2D eigenvalue weighted by Crippen LogP contribution is 2.24. The normalized spacial score (nSPS) is 12.0. The van der Waals surface area contributed by atoms with Crippen molar-refractivity contribution in [3.05, 3.63) is 84.4 Å². The maximum Gasteiger partial charge on any atom is 0.258 e. The molecule has 0 aliphatic heterocycles. The summed E-state index contributed by atoms with van der Waals surface area (Å²) in [7, 11) is -7.56. The van der Waals surface area contributed by atoms with E-state index in [1.54, 1.807) is 24.3 Å². The van der Waals surface area contributed by atoms with Gasteiger partial charge in [-0.15, -0.1) is 0 Å². The second kappa shape index (κ2) is 9.24. The highest BCUT2D eigenvalue weighted by atomic mass is 32.2. The number of benzene rings is 3. The number of hydrogen-bond acceptors (Lipinski definition) is 7. The fourth-order valence-corrected chi connectivity index (χ4v) is 4.69. The molecule has 0 unspecified atom stereocenters. The molecule has 3 N–H and O–H groups in total. The molecule has 0 radical (unpaired) electrons. The average Bonchev–Trinajstić information content (AvgIpc) is 3.30. The smallest absolute Gasteiger partial charge is 0.258 e. The first-order valence-corrected chi connectivity index (χ1v) is 12.9. The molecule has 3 aromatic carbocycles. The van der Waals surface area contributed by atoms with Crippen molar-refractivity contribution in [2.45, 2.75) is 16.2 Å². The van der Waals surface area contributed by atoms with E-state index in [1.807, 2.05) is 30.3 Å². The van der Waals surface area contributed by atoms with E-state index in [9.17, 15) is 16.8 Å². The van der Waals surface area contributed by atoms with Crippen molar-refractivity contribution in [3.63, 3.8) is 0 Å². The van der Waals surface area contributed by atoms with Gasteiger partial charge in [0.2, 0.25) is 25.9 Å². The van der Waals surface area contributed by atoms with Crippen LogP contribution < -0.4 is 9.86 Å². The topological polar surface area (TPSA) is 145 Å². The van der Waals surface area contributed by atoms with Gasteiger partial charge in [0.15, 0.2) is 0 Å². The Labute approximate surface area is 191 Å². The quantitative estimate of drug-likeness (QED) is 0.391. The molecule has 0 bridgehead atoms. The summed E-state index contributed by atoms with van der Waals surface area (Å²) in [6.45, 7) is 0.125. The number of nitrogens with zero attached hydrogens (tertiary/aromatic N) is 2. The third kappa shape index (κ3) is 5.52. The van der Waals surface area contributed by atoms with E-state index < -0.39 is 20.0 Å². The van der Waals surface area contributed by atoms with E-state index in [2.05, 4.69) is 14.9 Å². The molecule has 0 aliphatic rings. The summed E-state index contributed by atoms with van der Waals surface area (Å²) in [6, 6.07) is 21.5. The second-order valence-electron chi connectivity index (χ2n) is 7.15. The van der Waals surface area contributed by atoms with Gasteiger partial charge in [-0.2, -0.15) is 4.98 Å². The molecule has 0 spiro atoms. The van der Waals surface area contributed by atoms with Crippen LogP contribution in [0.3, 0.4) is 0 Å². The van der Waals surface area contributed by atoms with E-state index in [4.69, 9.17) is 9.66 Å². The standard InChI is InChI=1S/C22H20N4O5S2/c23-32(27,28)19-11-9-16(10-12-19)13-14-24-33(29,30)20-8-4-7-18(15-20)22-25-21(26-31-22)17-5-2-1-3-6-17/h1-12,15,24H,13-14H2,(H2,23,27,28). The largest absolute Gasteiger partial charge is 0.334 e. The maximum atomic E-state index is 12.7. The van der Waals surface area contributed by atoms with Crippen molar-refractivity contribution >= 4 is 20.0 Å². The molecule has 0 fully saturated rings. The van der Waals surface area contributed by atoms with Gasteiger partial charge in [-0.1, -0.05) is 53.7 Å². The predicted molar refractivity (Wildman–Crippen MR) is 122 cm³/mol. The number of nitrogens with one attached hydrogen (secondary N) is 1. The van der Waals surface area contributed by atoms with Gasteiger partial charge in [0, 0.05) is 17.7 Å². The molecule has 4 rings (SSSR count). The van der Waals surface area contributed by atoms with Crippen molar-refractivity contribution < 1.29 is 21.4 Å². The summed E-state index contributed by atoms with van der Waals surface area (Å²) in [5.41, 5.74) is 2.03. The zero-order valence-corrected chi connectivity index (χ0v) is 18.9. The first kappa shape index (κ1) is 22.8. The number of aromatic nitrogens is 2. The maximum absolute atomic E-state index is 12.7. The summed E-state index contributed by atoms with van der Waals surface area (Å²) in [5, 5.41) is 9.04. The van der Waals surface area contributed by atoms with Gasteiger partial charge in [0.05, 0.1) is 9.79 Å². The highest BCUT2D eigenvalue weighted by molar-refractivity contribution is 7.89. The average molecular weight is 485 g/mol. The lowest BCUT2D eigenvalue weighted by Gasteiger charge is -2.08. The van der Waals surface area contributed by atoms with Gasteiger partial charge >= 0.3 is 0 Å². The van der Waals surface area contributed by atoms with Crippen molar-refractivity contribution in [1.29, 1.82) is 0 Å². The lowest BCUT2D eigenvalue weighted by atomic mass is 10.2. The first-order chi connectivity index (χ1) is 15.7. The molecule has 4 aromatic rings. The van der Waals surface area contributed by atoms with Crippen LogP contribution in [0.5, 0.6) is 0 Å². The fourth-order valence-electron chi connectivity index (χ4n) is 3.10. The summed E-state index contributed by atoms with van der Waals surface area (Å²) in [6.07, 6.45) is 0.369. The summed E-state index contributed by atoms with van der Waals surface area (Å²) in [4.78, 5) is 4.41. The van der Waals surface area contributed by atoms with Gasteiger partial charge in [0.1, 0.15) is 0 Å². The zero-order chi connectivity index (χ0) is 23.5. The lowest BCUT2D eigenvalue weighted by Crippen LogP contribution is -2.26. The minimum absolute atomic E-state index is 0.0000860. The molecule has 1 aromatic heterocycles. The van der Waals surface area contributed by atoms with Gasteiger partial charge in [0.25, 0.3) is 5.89 Å². The summed E-state index contributed by atoms with van der Waals surface area (Å²) < 4.78 is 56.0. The van der Waals surface area contributed by atoms with E-state index in [0.29, 0.717) is 17.8 Å². The number of primary sulfonamides is 1. The Morgan fingerprint density at radius 1 is 0.818 bits per heavy atom. The molecular weight excluding hydrogens is 464 g/mol. The SMILES string of the molecule is NS(=O)(=O)c1ccc(CCNS(=O)(=O)c2cccc(-c3nc(-c4ccccc4)no3)c2)cc1. The van der Waals surface area contributed by atoms with Gasteiger partial charge in [-0.25, -0.2) is 26.7 Å². The molecule has 11 heteroatoms. The van der Waals surface area contributed by atoms with Crippen molar-refractivity contribution in [1.82, 2.24) is 14.9 Å². The van der Waals surface area contributed by atoms with Crippen LogP contribution in [0.25, 0.3) is 22.8 Å². The Balaban J connectivity index is 1.45. The molecule has 33 heavy (non-hydrogen) atoms. The molecule has 1 heterocycles. The third-order valence-corrected chi connectivity index (χ3v) is 7.19. The first-order valence-electron chi connectivity index (χ1n) is 9.83. The van der Waals surface area contributed by atoms with Crippen LogP contribution in [0, 0.1) is 0 Å². The minimum Gasteiger partial charge on any atom is -0.334 e. The van der Waals surface area contributed by atoms with E-state index in [0.717, 1.165) is 11.1 Å². The van der Waals surface area contributed by atoms with Crippen LogP contribution >= 0.6 is 0 Å². The summed E-state index contributed by atoms with van der Waals surface area (Å²) >= 11 is 0. The Hall–Kier alpha value is -3.38. The molecular formula is C22H20N4O5S2. The molecule has 170 valence electrons. The Bertz CT molecular complexity index is 1470. The zero-order valence-electron chi connectivity index (χ0n) is 17.2. The van der Waals surface area contributed by atoms with Gasteiger partial charge < -0.3 is 4.52 Å². The van der Waals surface area contributed by atoms with Crippen molar-refractivity contribution in [2.24, 2.45) is 5.14 Å². The molecule has 0 aliphatic carbocycles. The second-order valence-corrected chi connectivity index (χ2v) is 10.5. The monoisotopic (exact) mass is 484 g/mol. The van der Waals surface area contributed by atoms with Crippen molar-refractivity contribution in [2.75, 3.05) is 6.54 Å². The van der Waals surface area contributed by atoms with Gasteiger partial charge in [-0.05, 0) is 42.3 Å². The highest BCUT2D eigenvalue weighted by Gasteiger charge is 2.17. The predicted octanol–water partition coefficient (Wildman–Crippen LogP) is 2.57. The molecule has 9 nitrogen and oxygen atoms in total. The van der Waals surface area contributed by atoms with Crippen molar-refractivity contribution in [3.8, 4) is 22.8 Å². The van der Waals surface area contributed by atoms with Crippen LogP contribution in [0.4, 0.5) is 0 Å². The Morgan fingerprint density at radius 3 is 2.21 bits per heavy atom. The molecule has 0 amide bonds. The molecule has 0 atom stereocenters. The summed E-state index contributed by atoms with van der Waals surface area (Å²) in [5.74, 6) is 0.617. The van der Waals surface area contributed by atoms with Crippen LogP contribution in [0.15, 0.2) is 93.2 Å². The van der Waals surface area contributed by atoms with Crippen LogP contribution in [-0.2, 0) is 26.5 Å². The van der Waals surface area contributed by atoms with Crippen LogP contribution in [0.1, 0.15) is 5.56 Å². The number of hydrogen-bond donors (Lipinski definition) is 2. The minimum atomic E-state index is -3.79.